The minimum Gasteiger partial charge on any atom is -0.507 e. The van der Waals surface area contributed by atoms with Crippen LogP contribution in [0.25, 0.3) is 10.8 Å². The van der Waals surface area contributed by atoms with Gasteiger partial charge < -0.3 is 54.2 Å². The number of methoxy groups -OCH3 is 1. The first kappa shape index (κ1) is 40.7. The molecule has 0 aromatic heterocycles. The minimum atomic E-state index is -2.13. The number of ether oxygens (including phenoxy) is 6. The summed E-state index contributed by atoms with van der Waals surface area (Å²) < 4.78 is 34.4. The highest BCUT2D eigenvalue weighted by Crippen LogP contribution is 2.58. The highest BCUT2D eigenvalue weighted by atomic mass is 16.7. The molecule has 8 atom stereocenters. The first-order valence-corrected chi connectivity index (χ1v) is 17.5. The number of anilines is 1. The summed E-state index contributed by atoms with van der Waals surface area (Å²) in [4.78, 5) is 66.0. The lowest BCUT2D eigenvalue weighted by molar-refractivity contribution is -0.160. The fourth-order valence-electron chi connectivity index (χ4n) is 7.07. The third kappa shape index (κ3) is 7.24. The Labute approximate surface area is 316 Å². The van der Waals surface area contributed by atoms with Gasteiger partial charge in [0.15, 0.2) is 23.9 Å². The van der Waals surface area contributed by atoms with Crippen LogP contribution in [-0.4, -0.2) is 93.3 Å². The normalized spacial score (nSPS) is 32.3. The molecule has 2 aromatic rings. The number of nitrogens with one attached hydrogen (secondary N) is 1. The average Bonchev–Trinajstić information content (AvgIpc) is 3.39. The molecule has 0 saturated heterocycles. The zero-order chi connectivity index (χ0) is 40.9. The molecule has 16 heteroatoms. The predicted octanol–water partition coefficient (Wildman–Crippen LogP) is 3.67. The van der Waals surface area contributed by atoms with E-state index in [1.54, 1.807) is 13.8 Å². The molecule has 0 spiro atoms. The Kier molecular flexibility index (Phi) is 11.1. The van der Waals surface area contributed by atoms with E-state index in [2.05, 4.69) is 5.32 Å². The summed E-state index contributed by atoms with van der Waals surface area (Å²) >= 11 is 0. The zero-order valence-corrected chi connectivity index (χ0v) is 31.8. The third-order valence-corrected chi connectivity index (χ3v) is 10.3. The molecule has 1 amide bonds. The van der Waals surface area contributed by atoms with Gasteiger partial charge in [-0.05, 0) is 32.9 Å². The maximum atomic E-state index is 14.3. The number of Topliss-reactive ketones (excluding diaryl/α,β-unsaturated/α-hetero) is 2. The number of benzene rings is 2. The molecule has 5 rings (SSSR count). The fraction of sp³-hybridized carbons (Fsp3) is 0.462. The molecule has 3 aliphatic rings. The summed E-state index contributed by atoms with van der Waals surface area (Å²) in [5, 5.41) is 47.6. The third-order valence-electron chi connectivity index (χ3n) is 10.3. The van der Waals surface area contributed by atoms with Gasteiger partial charge in [0.1, 0.15) is 28.9 Å². The van der Waals surface area contributed by atoms with Gasteiger partial charge in [-0.2, -0.15) is 0 Å². The van der Waals surface area contributed by atoms with Crippen molar-refractivity contribution in [3.05, 3.63) is 47.3 Å². The van der Waals surface area contributed by atoms with E-state index in [0.29, 0.717) is 0 Å². The molecule has 0 radical (unpaired) electrons. The van der Waals surface area contributed by atoms with Gasteiger partial charge in [-0.15, -0.1) is 0 Å². The summed E-state index contributed by atoms with van der Waals surface area (Å²) in [7, 11) is 1.38. The number of hydrogen-bond acceptors (Lipinski definition) is 15. The van der Waals surface area contributed by atoms with E-state index in [4.69, 9.17) is 28.4 Å². The maximum absolute atomic E-state index is 14.3. The lowest BCUT2D eigenvalue weighted by atomic mass is 9.78. The minimum absolute atomic E-state index is 0.0169. The van der Waals surface area contributed by atoms with E-state index < -0.39 is 106 Å². The molecule has 3 aliphatic heterocycles. The molecule has 0 fully saturated rings. The van der Waals surface area contributed by atoms with Crippen molar-refractivity contribution in [3.63, 3.8) is 0 Å². The second-order valence-corrected chi connectivity index (χ2v) is 14.3. The molecule has 3 heterocycles. The molecule has 0 saturated carbocycles. The Morgan fingerprint density at radius 3 is 2.29 bits per heavy atom. The van der Waals surface area contributed by atoms with Crippen molar-refractivity contribution in [1.29, 1.82) is 0 Å². The van der Waals surface area contributed by atoms with Gasteiger partial charge in [0.05, 0.1) is 34.8 Å². The number of esters is 2. The van der Waals surface area contributed by atoms with E-state index in [0.717, 1.165) is 12.3 Å². The maximum Gasteiger partial charge on any atom is 0.349 e. The molecule has 4 bridgehead atoms. The predicted molar refractivity (Wildman–Crippen MR) is 194 cm³/mol. The van der Waals surface area contributed by atoms with E-state index in [1.807, 2.05) is 0 Å². The van der Waals surface area contributed by atoms with Crippen molar-refractivity contribution in [3.8, 4) is 28.7 Å². The quantitative estimate of drug-likeness (QED) is 0.167. The fourth-order valence-corrected chi connectivity index (χ4v) is 7.07. The highest BCUT2D eigenvalue weighted by molar-refractivity contribution is 6.23. The number of hydrogen-bond donors (Lipinski definition) is 5. The largest absolute Gasteiger partial charge is 0.507 e. The number of aromatic hydroxyl groups is 2. The van der Waals surface area contributed by atoms with Crippen molar-refractivity contribution in [1.82, 2.24) is 0 Å². The number of allylic oxidation sites excluding steroid dienone is 2. The number of aliphatic hydroxyl groups excluding tert-OH is 1. The number of amides is 1. The highest BCUT2D eigenvalue weighted by Gasteiger charge is 2.50. The van der Waals surface area contributed by atoms with Crippen LogP contribution in [0.2, 0.25) is 0 Å². The Morgan fingerprint density at radius 2 is 1.65 bits per heavy atom. The number of carbonyl (C=O) groups is 5. The van der Waals surface area contributed by atoms with Gasteiger partial charge in [0.2, 0.25) is 5.75 Å². The standard InChI is InChI=1S/C39H45NO15/c1-16-11-10-13-38(7,49)35(46)20(5)28(43)18(3)31(53-21(6)41)17(2)22(50-9)12-14-52-39(8)36(47)26-24-25(29(44)19(4)32(26)55-39)30(45)27(40-37(16)48)34-33(24)51-15-23(42)54-34/h10-14,17-18,20,22,28,31,43-45,49H,15H2,1-9H3,(H,40,48)/b13-10+,14-12+,16-11-/t17-,18-,20+,22+,28+,31-,38-,39+/m1/s1. The summed E-state index contributed by atoms with van der Waals surface area (Å²) in [5.41, 5.74) is -2.76. The number of fused-ring (bicyclic) bond motifs is 1. The smallest absolute Gasteiger partial charge is 0.349 e. The van der Waals surface area contributed by atoms with Crippen LogP contribution in [0.15, 0.2) is 36.1 Å². The van der Waals surface area contributed by atoms with Gasteiger partial charge in [-0.25, -0.2) is 4.79 Å². The molecule has 2 aromatic carbocycles. The van der Waals surface area contributed by atoms with Crippen LogP contribution in [0, 0.1) is 24.7 Å². The van der Waals surface area contributed by atoms with Crippen molar-refractivity contribution in [2.24, 2.45) is 17.8 Å². The first-order chi connectivity index (χ1) is 25.7. The Hall–Kier alpha value is -5.45. The number of ketones is 2. The van der Waals surface area contributed by atoms with Crippen LogP contribution in [0.3, 0.4) is 0 Å². The summed E-state index contributed by atoms with van der Waals surface area (Å²) in [6.07, 6.45) is 2.86. The molecular weight excluding hydrogens is 722 g/mol. The monoisotopic (exact) mass is 767 g/mol. The molecule has 55 heavy (non-hydrogen) atoms. The van der Waals surface area contributed by atoms with Crippen molar-refractivity contribution in [2.75, 3.05) is 19.0 Å². The van der Waals surface area contributed by atoms with E-state index in [9.17, 15) is 44.4 Å². The summed E-state index contributed by atoms with van der Waals surface area (Å²) in [5.74, 6) is -10.9. The number of carbonyl (C=O) groups excluding carboxylic acids is 5. The van der Waals surface area contributed by atoms with E-state index >= 15 is 0 Å². The second-order valence-electron chi connectivity index (χ2n) is 14.3. The second kappa shape index (κ2) is 15.0. The van der Waals surface area contributed by atoms with Gasteiger partial charge in [-0.1, -0.05) is 32.9 Å². The summed E-state index contributed by atoms with van der Waals surface area (Å²) in [6.45, 7) is 10.6. The van der Waals surface area contributed by atoms with Crippen LogP contribution < -0.4 is 19.5 Å². The van der Waals surface area contributed by atoms with Crippen LogP contribution in [0.1, 0.15) is 64.4 Å². The number of aliphatic hydroxyl groups is 2. The average molecular weight is 768 g/mol. The van der Waals surface area contributed by atoms with Crippen LogP contribution in [0.5, 0.6) is 28.7 Å². The number of rotatable bonds is 2. The van der Waals surface area contributed by atoms with Gasteiger partial charge in [-0.3, -0.25) is 19.2 Å². The molecule has 16 nitrogen and oxygen atoms in total. The lowest BCUT2D eigenvalue weighted by Crippen LogP contribution is -2.48. The first-order valence-electron chi connectivity index (χ1n) is 17.5. The van der Waals surface area contributed by atoms with Crippen molar-refractivity contribution in [2.45, 2.75) is 85.1 Å². The van der Waals surface area contributed by atoms with Crippen LogP contribution in [0.4, 0.5) is 5.69 Å². The Morgan fingerprint density at radius 1 is 0.982 bits per heavy atom. The van der Waals surface area contributed by atoms with Crippen LogP contribution in [-0.2, 0) is 33.4 Å². The molecule has 0 aliphatic carbocycles. The Balaban J connectivity index is 1.72. The zero-order valence-electron chi connectivity index (χ0n) is 31.8. The van der Waals surface area contributed by atoms with Gasteiger partial charge in [0, 0.05) is 49.8 Å². The topological polar surface area (TPSA) is 234 Å². The molecule has 0 unspecified atom stereocenters. The molecule has 5 N–H and O–H groups in total. The SMILES string of the molecule is CO[C@H]1/C=C/O[C@@]2(C)Oc3c(C)c(O)c4c(O)c(c5c(c4c3C2=O)OCC(=O)O5)NC(=O)/C(C)=C\C=C\[C@@](C)(O)C(=O)[C@@H](C)[C@@H](O)[C@@H](C)[C@H](OC(C)=O)[C@@H]1C. The van der Waals surface area contributed by atoms with Gasteiger partial charge in [0.25, 0.3) is 11.7 Å². The van der Waals surface area contributed by atoms with Gasteiger partial charge >= 0.3 is 17.7 Å². The van der Waals surface area contributed by atoms with Crippen LogP contribution >= 0.6 is 0 Å². The Bertz CT molecular complexity index is 2060. The molecule has 296 valence electrons. The van der Waals surface area contributed by atoms with Crippen molar-refractivity contribution < 1.29 is 72.8 Å². The lowest BCUT2D eigenvalue weighted by Gasteiger charge is -2.37. The van der Waals surface area contributed by atoms with E-state index in [-0.39, 0.29) is 39.0 Å². The van der Waals surface area contributed by atoms with Crippen molar-refractivity contribution >= 4 is 45.9 Å². The molecular formula is C39H45NO15. The summed E-state index contributed by atoms with van der Waals surface area (Å²) in [6, 6.07) is 0. The number of phenols is 2. The number of phenolic OH excluding ortho intramolecular Hbond substituents is 2. The van der Waals surface area contributed by atoms with E-state index in [1.165, 1.54) is 66.9 Å².